The van der Waals surface area contributed by atoms with Crippen molar-refractivity contribution in [3.63, 3.8) is 0 Å². The zero-order valence-electron chi connectivity index (χ0n) is 5.72. The largest absolute Gasteiger partial charge is 0.381 e. The van der Waals surface area contributed by atoms with Crippen molar-refractivity contribution in [1.29, 1.82) is 0 Å². The molecule has 1 fully saturated rings. The number of aldehydes is 1. The number of hydrogen-bond acceptors (Lipinski definition) is 2. The summed E-state index contributed by atoms with van der Waals surface area (Å²) in [6.45, 7) is 3.30. The fourth-order valence-corrected chi connectivity index (χ4v) is 0.762. The zero-order chi connectivity index (χ0) is 6.74. The summed E-state index contributed by atoms with van der Waals surface area (Å²) in [7, 11) is 0. The van der Waals surface area contributed by atoms with Crippen LogP contribution in [0.15, 0.2) is 0 Å². The maximum absolute atomic E-state index is 10.3. The minimum Gasteiger partial charge on any atom is -0.381 e. The maximum atomic E-state index is 10.3. The van der Waals surface area contributed by atoms with Gasteiger partial charge in [0.15, 0.2) is 0 Å². The summed E-state index contributed by atoms with van der Waals surface area (Å²) >= 11 is 0. The molecule has 0 aromatic rings. The Bertz CT molecular complexity index is 105. The average Bonchev–Trinajstić information content (AvgIpc) is 2.65. The molecule has 2 heteroatoms. The highest BCUT2D eigenvalue weighted by molar-refractivity contribution is 5.63. The highest BCUT2D eigenvalue weighted by Crippen LogP contribution is 2.43. The maximum Gasteiger partial charge on any atom is 0.128 e. The summed E-state index contributed by atoms with van der Waals surface area (Å²) in [6, 6.07) is 0. The molecule has 0 aliphatic heterocycles. The van der Waals surface area contributed by atoms with E-state index in [0.717, 1.165) is 25.7 Å². The van der Waals surface area contributed by atoms with Crippen LogP contribution in [-0.4, -0.2) is 19.5 Å². The van der Waals surface area contributed by atoms with E-state index in [1.807, 2.05) is 6.92 Å². The SMILES string of the molecule is CCOCC1(C=O)CC1. The normalized spacial score (nSPS) is 21.4. The van der Waals surface area contributed by atoms with E-state index in [2.05, 4.69) is 0 Å². The van der Waals surface area contributed by atoms with E-state index < -0.39 is 0 Å². The van der Waals surface area contributed by atoms with Crippen molar-refractivity contribution in [2.75, 3.05) is 13.2 Å². The van der Waals surface area contributed by atoms with Gasteiger partial charge >= 0.3 is 0 Å². The minimum atomic E-state index is -0.0595. The number of rotatable bonds is 4. The van der Waals surface area contributed by atoms with Gasteiger partial charge in [0.2, 0.25) is 0 Å². The lowest BCUT2D eigenvalue weighted by molar-refractivity contribution is -0.114. The van der Waals surface area contributed by atoms with Gasteiger partial charge in [0.05, 0.1) is 6.61 Å². The molecule has 0 unspecified atom stereocenters. The Morgan fingerprint density at radius 1 is 1.67 bits per heavy atom. The monoisotopic (exact) mass is 128 g/mol. The molecule has 1 aliphatic carbocycles. The Balaban J connectivity index is 2.17. The third-order valence-electron chi connectivity index (χ3n) is 1.74. The Morgan fingerprint density at radius 3 is 2.67 bits per heavy atom. The second-order valence-electron chi connectivity index (χ2n) is 2.62. The Hall–Kier alpha value is -0.370. The molecule has 0 bridgehead atoms. The fourth-order valence-electron chi connectivity index (χ4n) is 0.762. The van der Waals surface area contributed by atoms with Crippen molar-refractivity contribution in [3.05, 3.63) is 0 Å². The number of ether oxygens (including phenoxy) is 1. The van der Waals surface area contributed by atoms with Gasteiger partial charge in [-0.1, -0.05) is 0 Å². The van der Waals surface area contributed by atoms with Gasteiger partial charge in [-0.05, 0) is 19.8 Å². The molecular formula is C7H12O2. The summed E-state index contributed by atoms with van der Waals surface area (Å²) in [6.07, 6.45) is 3.08. The van der Waals surface area contributed by atoms with Crippen molar-refractivity contribution < 1.29 is 9.53 Å². The van der Waals surface area contributed by atoms with E-state index >= 15 is 0 Å². The molecule has 52 valence electrons. The van der Waals surface area contributed by atoms with Crippen molar-refractivity contribution in [3.8, 4) is 0 Å². The summed E-state index contributed by atoms with van der Waals surface area (Å²) in [5.74, 6) is 0. The van der Waals surface area contributed by atoms with Crippen molar-refractivity contribution >= 4 is 6.29 Å². The molecule has 0 aromatic heterocycles. The molecule has 2 nitrogen and oxygen atoms in total. The Kier molecular flexibility index (Phi) is 1.86. The highest BCUT2D eigenvalue weighted by atomic mass is 16.5. The lowest BCUT2D eigenvalue weighted by Crippen LogP contribution is -2.11. The van der Waals surface area contributed by atoms with Crippen LogP contribution in [0.5, 0.6) is 0 Å². The molecule has 0 heterocycles. The number of hydrogen-bond donors (Lipinski definition) is 0. The van der Waals surface area contributed by atoms with E-state index in [0.29, 0.717) is 6.61 Å². The summed E-state index contributed by atoms with van der Waals surface area (Å²) in [4.78, 5) is 10.3. The molecule has 0 saturated heterocycles. The smallest absolute Gasteiger partial charge is 0.128 e. The van der Waals surface area contributed by atoms with Gasteiger partial charge in [-0.2, -0.15) is 0 Å². The standard InChI is InChI=1S/C7H12O2/c1-2-9-6-7(5-8)3-4-7/h5H,2-4,6H2,1H3. The number of carbonyl (C=O) groups is 1. The minimum absolute atomic E-state index is 0.0595. The van der Waals surface area contributed by atoms with Crippen LogP contribution in [0.1, 0.15) is 19.8 Å². The zero-order valence-corrected chi connectivity index (χ0v) is 5.72. The van der Waals surface area contributed by atoms with Gasteiger partial charge in [-0.3, -0.25) is 0 Å². The first-order valence-electron chi connectivity index (χ1n) is 3.37. The topological polar surface area (TPSA) is 26.3 Å². The average molecular weight is 128 g/mol. The second kappa shape index (κ2) is 2.48. The van der Waals surface area contributed by atoms with E-state index in [-0.39, 0.29) is 5.41 Å². The summed E-state index contributed by atoms with van der Waals surface area (Å²) < 4.78 is 5.12. The lowest BCUT2D eigenvalue weighted by atomic mass is 10.2. The summed E-state index contributed by atoms with van der Waals surface area (Å²) in [5.41, 5.74) is -0.0595. The highest BCUT2D eigenvalue weighted by Gasteiger charge is 2.42. The molecule has 1 rings (SSSR count). The Morgan fingerprint density at radius 2 is 2.33 bits per heavy atom. The fraction of sp³-hybridized carbons (Fsp3) is 0.857. The third-order valence-corrected chi connectivity index (χ3v) is 1.74. The molecule has 0 aromatic carbocycles. The lowest BCUT2D eigenvalue weighted by Gasteiger charge is -2.04. The van der Waals surface area contributed by atoms with Crippen molar-refractivity contribution in [2.24, 2.45) is 5.41 Å². The van der Waals surface area contributed by atoms with E-state index in [1.165, 1.54) is 0 Å². The van der Waals surface area contributed by atoms with Crippen LogP contribution in [0, 0.1) is 5.41 Å². The van der Waals surface area contributed by atoms with Gasteiger partial charge in [-0.25, -0.2) is 0 Å². The Labute approximate surface area is 55.2 Å². The number of carbonyl (C=O) groups excluding carboxylic acids is 1. The van der Waals surface area contributed by atoms with Crippen LogP contribution in [0.2, 0.25) is 0 Å². The van der Waals surface area contributed by atoms with E-state index in [1.54, 1.807) is 0 Å². The van der Waals surface area contributed by atoms with Gasteiger partial charge < -0.3 is 9.53 Å². The van der Waals surface area contributed by atoms with E-state index in [4.69, 9.17) is 4.74 Å². The first kappa shape index (κ1) is 6.75. The molecule has 9 heavy (non-hydrogen) atoms. The molecule has 0 atom stereocenters. The van der Waals surface area contributed by atoms with Gasteiger partial charge in [-0.15, -0.1) is 0 Å². The molecule has 0 radical (unpaired) electrons. The quantitative estimate of drug-likeness (QED) is 0.528. The molecule has 0 N–H and O–H groups in total. The third kappa shape index (κ3) is 1.52. The molecular weight excluding hydrogens is 116 g/mol. The van der Waals surface area contributed by atoms with Crippen molar-refractivity contribution in [2.45, 2.75) is 19.8 Å². The van der Waals surface area contributed by atoms with Crippen LogP contribution in [0.4, 0.5) is 0 Å². The molecule has 0 amide bonds. The predicted molar refractivity (Wildman–Crippen MR) is 34.2 cm³/mol. The second-order valence-corrected chi connectivity index (χ2v) is 2.62. The van der Waals surface area contributed by atoms with Crippen molar-refractivity contribution in [1.82, 2.24) is 0 Å². The van der Waals surface area contributed by atoms with Crippen LogP contribution in [-0.2, 0) is 9.53 Å². The van der Waals surface area contributed by atoms with Gasteiger partial charge in [0, 0.05) is 12.0 Å². The van der Waals surface area contributed by atoms with Gasteiger partial charge in [0.25, 0.3) is 0 Å². The predicted octanol–water partition coefficient (Wildman–Crippen LogP) is 1.00. The van der Waals surface area contributed by atoms with Gasteiger partial charge in [0.1, 0.15) is 6.29 Å². The van der Waals surface area contributed by atoms with Crippen LogP contribution in [0.25, 0.3) is 0 Å². The first-order valence-corrected chi connectivity index (χ1v) is 3.37. The molecule has 1 aliphatic rings. The summed E-state index contributed by atoms with van der Waals surface area (Å²) in [5, 5.41) is 0. The van der Waals surface area contributed by atoms with Crippen LogP contribution in [0.3, 0.4) is 0 Å². The van der Waals surface area contributed by atoms with Crippen LogP contribution >= 0.6 is 0 Å². The van der Waals surface area contributed by atoms with E-state index in [9.17, 15) is 4.79 Å². The van der Waals surface area contributed by atoms with Crippen LogP contribution < -0.4 is 0 Å². The molecule has 1 saturated carbocycles. The molecule has 0 spiro atoms. The first-order chi connectivity index (χ1) is 4.33.